The second-order valence-electron chi connectivity index (χ2n) is 14.5. The molecule has 8 atom stereocenters. The Hall–Kier alpha value is -0.330. The summed E-state index contributed by atoms with van der Waals surface area (Å²) in [7, 11) is 0. The van der Waals surface area contributed by atoms with Gasteiger partial charge in [-0.3, -0.25) is 4.79 Å². The Morgan fingerprint density at radius 2 is 1.58 bits per heavy atom. The molecule has 0 radical (unpaired) electrons. The van der Waals surface area contributed by atoms with E-state index in [0.29, 0.717) is 28.4 Å². The first kappa shape index (κ1) is 23.8. The summed E-state index contributed by atoms with van der Waals surface area (Å²) >= 11 is 0. The molecule has 0 heterocycles. The summed E-state index contributed by atoms with van der Waals surface area (Å²) in [5, 5.41) is 0. The van der Waals surface area contributed by atoms with Gasteiger partial charge in [-0.15, -0.1) is 0 Å². The first-order valence-electron chi connectivity index (χ1n) is 13.9. The molecule has 0 N–H and O–H groups in total. The van der Waals surface area contributed by atoms with Crippen molar-refractivity contribution in [3.8, 4) is 0 Å². The molecule has 0 aliphatic heterocycles. The topological polar surface area (TPSA) is 17.1 Å². The molecule has 4 fully saturated rings. The molecule has 0 aromatic rings. The minimum absolute atomic E-state index is 0.218. The maximum absolute atomic E-state index is 14.1. The number of ketones is 1. The Bertz CT molecular complexity index is 691. The third-order valence-electron chi connectivity index (χ3n) is 12.1. The summed E-state index contributed by atoms with van der Waals surface area (Å²) < 4.78 is 0. The molecule has 0 amide bonds. The molecule has 4 aliphatic carbocycles. The third-order valence-corrected chi connectivity index (χ3v) is 12.1. The molecule has 8 unspecified atom stereocenters. The van der Waals surface area contributed by atoms with E-state index in [9.17, 15) is 4.79 Å². The first-order valence-corrected chi connectivity index (χ1v) is 13.9. The van der Waals surface area contributed by atoms with Crippen LogP contribution >= 0.6 is 0 Å². The van der Waals surface area contributed by atoms with Crippen molar-refractivity contribution in [2.24, 2.45) is 57.2 Å². The molecule has 1 heteroatoms. The molecule has 0 spiro atoms. The Labute approximate surface area is 193 Å². The molecular formula is C30H52O. The number of Topliss-reactive ketones (excluding diaryl/α,β-unsaturated/α-hetero) is 1. The van der Waals surface area contributed by atoms with E-state index in [-0.39, 0.29) is 10.8 Å². The molecule has 0 aromatic heterocycles. The average molecular weight is 429 g/mol. The summed E-state index contributed by atoms with van der Waals surface area (Å²) in [5.74, 6) is 4.67. The summed E-state index contributed by atoms with van der Waals surface area (Å²) in [6.45, 7) is 19.9. The van der Waals surface area contributed by atoms with Crippen molar-refractivity contribution in [1.29, 1.82) is 0 Å². The van der Waals surface area contributed by atoms with Gasteiger partial charge in [-0.1, -0.05) is 81.1 Å². The van der Waals surface area contributed by atoms with E-state index < -0.39 is 0 Å². The van der Waals surface area contributed by atoms with Crippen molar-refractivity contribution in [2.75, 3.05) is 0 Å². The normalized spacial score (nSPS) is 47.6. The molecule has 1 nitrogen and oxygen atoms in total. The summed E-state index contributed by atoms with van der Waals surface area (Å²) in [4.78, 5) is 14.1. The van der Waals surface area contributed by atoms with Gasteiger partial charge in [-0.05, 0) is 89.8 Å². The fourth-order valence-electron chi connectivity index (χ4n) is 10.4. The highest BCUT2D eigenvalue weighted by molar-refractivity contribution is 5.84. The zero-order chi connectivity index (χ0) is 22.8. The van der Waals surface area contributed by atoms with Crippen LogP contribution in [-0.4, -0.2) is 5.78 Å². The number of fused-ring (bicyclic) bond motifs is 5. The quantitative estimate of drug-likeness (QED) is 0.428. The van der Waals surface area contributed by atoms with Crippen LogP contribution in [0.5, 0.6) is 0 Å². The molecule has 0 aromatic carbocycles. The highest BCUT2D eigenvalue weighted by Gasteiger charge is 2.69. The van der Waals surface area contributed by atoms with Crippen LogP contribution in [-0.2, 0) is 4.79 Å². The van der Waals surface area contributed by atoms with E-state index >= 15 is 0 Å². The lowest BCUT2D eigenvalue weighted by Gasteiger charge is -2.66. The Balaban J connectivity index is 1.61. The average Bonchev–Trinajstić information content (AvgIpc) is 2.92. The van der Waals surface area contributed by atoms with Gasteiger partial charge >= 0.3 is 0 Å². The van der Waals surface area contributed by atoms with E-state index in [1.807, 2.05) is 0 Å². The van der Waals surface area contributed by atoms with Crippen LogP contribution in [0.15, 0.2) is 0 Å². The zero-order valence-corrected chi connectivity index (χ0v) is 22.2. The van der Waals surface area contributed by atoms with Gasteiger partial charge in [0.2, 0.25) is 0 Å². The molecule has 4 aliphatic rings. The van der Waals surface area contributed by atoms with E-state index in [2.05, 4.69) is 55.4 Å². The summed E-state index contributed by atoms with van der Waals surface area (Å²) in [6, 6.07) is 0. The van der Waals surface area contributed by atoms with Crippen molar-refractivity contribution in [3.63, 3.8) is 0 Å². The fraction of sp³-hybridized carbons (Fsp3) is 0.967. The van der Waals surface area contributed by atoms with Gasteiger partial charge in [0.05, 0.1) is 0 Å². The lowest BCUT2D eigenvalue weighted by molar-refractivity contribution is -0.186. The SMILES string of the molecule is CC(C)CCCC(C)C1CCC2(C)C3CCC4C(C)(C)CCCC4(C)C3C(=O)CC12C. The number of hydrogen-bond acceptors (Lipinski definition) is 1. The Morgan fingerprint density at radius 3 is 2.26 bits per heavy atom. The second-order valence-corrected chi connectivity index (χ2v) is 14.5. The van der Waals surface area contributed by atoms with Crippen molar-refractivity contribution in [3.05, 3.63) is 0 Å². The van der Waals surface area contributed by atoms with Gasteiger partial charge in [-0.25, -0.2) is 0 Å². The number of hydrogen-bond donors (Lipinski definition) is 0. The van der Waals surface area contributed by atoms with Crippen molar-refractivity contribution in [2.45, 2.75) is 126 Å². The van der Waals surface area contributed by atoms with E-state index in [1.165, 1.54) is 64.2 Å². The fourth-order valence-corrected chi connectivity index (χ4v) is 10.4. The Kier molecular flexibility index (Phi) is 6.05. The van der Waals surface area contributed by atoms with Crippen molar-refractivity contribution in [1.82, 2.24) is 0 Å². The standard InChI is InChI=1S/C30H52O/c1-20(2)11-9-12-21(3)22-15-18-29(7)23-13-14-25-27(4,5)16-10-17-28(25,6)26(23)24(31)19-30(22,29)8/h20-23,25-26H,9-19H2,1-8H3. The van der Waals surface area contributed by atoms with Gasteiger partial charge in [-0.2, -0.15) is 0 Å². The molecule has 0 bridgehead atoms. The van der Waals surface area contributed by atoms with Gasteiger partial charge in [0.1, 0.15) is 5.78 Å². The van der Waals surface area contributed by atoms with Crippen molar-refractivity contribution >= 4 is 5.78 Å². The van der Waals surface area contributed by atoms with Crippen molar-refractivity contribution < 1.29 is 4.79 Å². The number of carbonyl (C=O) groups excluding carboxylic acids is 1. The van der Waals surface area contributed by atoms with Crippen LogP contribution < -0.4 is 0 Å². The second kappa shape index (κ2) is 7.87. The molecule has 4 saturated carbocycles. The van der Waals surface area contributed by atoms with E-state index in [4.69, 9.17) is 0 Å². The Morgan fingerprint density at radius 1 is 0.871 bits per heavy atom. The highest BCUT2D eigenvalue weighted by Crippen LogP contribution is 2.73. The van der Waals surface area contributed by atoms with E-state index in [1.54, 1.807) is 0 Å². The van der Waals surface area contributed by atoms with Crippen LogP contribution in [0.2, 0.25) is 0 Å². The summed E-state index contributed by atoms with van der Waals surface area (Å²) in [6.07, 6.45) is 14.3. The zero-order valence-electron chi connectivity index (χ0n) is 22.2. The van der Waals surface area contributed by atoms with Crippen LogP contribution in [0.4, 0.5) is 0 Å². The van der Waals surface area contributed by atoms with Crippen LogP contribution in [0.1, 0.15) is 126 Å². The monoisotopic (exact) mass is 428 g/mol. The minimum Gasteiger partial charge on any atom is -0.299 e. The molecule has 178 valence electrons. The first-order chi connectivity index (χ1) is 14.4. The lowest BCUT2D eigenvalue weighted by Crippen LogP contribution is -2.62. The largest absolute Gasteiger partial charge is 0.299 e. The predicted molar refractivity (Wildman–Crippen MR) is 132 cm³/mol. The lowest BCUT2D eigenvalue weighted by atomic mass is 9.38. The number of carbonyl (C=O) groups is 1. The molecule has 31 heavy (non-hydrogen) atoms. The van der Waals surface area contributed by atoms with Gasteiger partial charge in [0.15, 0.2) is 0 Å². The van der Waals surface area contributed by atoms with Gasteiger partial charge < -0.3 is 0 Å². The minimum atomic E-state index is 0.218. The maximum Gasteiger partial charge on any atom is 0.137 e. The maximum atomic E-state index is 14.1. The number of rotatable bonds is 5. The highest BCUT2D eigenvalue weighted by atomic mass is 16.1. The van der Waals surface area contributed by atoms with Crippen LogP contribution in [0.3, 0.4) is 0 Å². The van der Waals surface area contributed by atoms with Crippen LogP contribution in [0.25, 0.3) is 0 Å². The summed E-state index contributed by atoms with van der Waals surface area (Å²) in [5.41, 5.74) is 1.23. The molecule has 0 saturated heterocycles. The predicted octanol–water partition coefficient (Wildman–Crippen LogP) is 8.70. The smallest absolute Gasteiger partial charge is 0.137 e. The molecular weight excluding hydrogens is 376 g/mol. The molecule has 4 rings (SSSR count). The third kappa shape index (κ3) is 3.49. The van der Waals surface area contributed by atoms with Crippen LogP contribution in [0, 0.1) is 57.2 Å². The van der Waals surface area contributed by atoms with Gasteiger partial charge in [0, 0.05) is 12.3 Å². The van der Waals surface area contributed by atoms with E-state index in [0.717, 1.165) is 30.1 Å². The van der Waals surface area contributed by atoms with Gasteiger partial charge in [0.25, 0.3) is 0 Å².